The Morgan fingerprint density at radius 2 is 1.93 bits per heavy atom. The lowest BCUT2D eigenvalue weighted by atomic mass is 9.94. The average Bonchev–Trinajstić information content (AvgIpc) is 3.16. The number of rotatable bonds is 5. The number of benzene rings is 1. The number of nitrogens with zero attached hydrogens (tertiary/aromatic N) is 2. The normalized spacial score (nSPS) is 14.6. The number of urea groups is 1. The van der Waals surface area contributed by atoms with Crippen molar-refractivity contribution < 1.29 is 18.7 Å². The van der Waals surface area contributed by atoms with E-state index in [-0.39, 0.29) is 24.3 Å². The van der Waals surface area contributed by atoms with Crippen LogP contribution in [0.1, 0.15) is 54.0 Å². The zero-order valence-electron chi connectivity index (χ0n) is 15.7. The summed E-state index contributed by atoms with van der Waals surface area (Å²) in [6.07, 6.45) is 6.54. The van der Waals surface area contributed by atoms with Gasteiger partial charge in [-0.15, -0.1) is 0 Å². The molecule has 3 rings (SSSR count). The summed E-state index contributed by atoms with van der Waals surface area (Å²) in [4.78, 5) is 30.4. The number of oxazole rings is 1. The summed E-state index contributed by atoms with van der Waals surface area (Å²) in [6, 6.07) is 7.61. The van der Waals surface area contributed by atoms with Crippen molar-refractivity contribution in [3.8, 4) is 0 Å². The molecule has 0 aliphatic heterocycles. The van der Waals surface area contributed by atoms with Crippen LogP contribution in [0.3, 0.4) is 0 Å². The van der Waals surface area contributed by atoms with Crippen molar-refractivity contribution in [1.82, 2.24) is 9.88 Å². The number of ether oxygens (including phenoxy) is 1. The Labute approximate surface area is 158 Å². The maximum Gasteiger partial charge on any atom is 0.360 e. The minimum Gasteiger partial charge on any atom is -0.464 e. The van der Waals surface area contributed by atoms with Crippen molar-refractivity contribution in [2.45, 2.75) is 51.6 Å². The van der Waals surface area contributed by atoms with Crippen LogP contribution in [0.5, 0.6) is 0 Å². The highest BCUT2D eigenvalue weighted by Gasteiger charge is 2.27. The minimum atomic E-state index is -0.557. The van der Waals surface area contributed by atoms with E-state index in [0.29, 0.717) is 5.89 Å². The number of methoxy groups -OCH3 is 1. The van der Waals surface area contributed by atoms with Gasteiger partial charge in [-0.25, -0.2) is 14.6 Å². The Morgan fingerprint density at radius 1 is 1.22 bits per heavy atom. The number of anilines is 1. The van der Waals surface area contributed by atoms with Crippen molar-refractivity contribution in [3.63, 3.8) is 0 Å². The Hall–Kier alpha value is -2.83. The summed E-state index contributed by atoms with van der Waals surface area (Å²) < 4.78 is 10.0. The molecule has 2 amide bonds. The molecule has 0 saturated heterocycles. The zero-order chi connectivity index (χ0) is 19.2. The monoisotopic (exact) mass is 371 g/mol. The maximum absolute atomic E-state index is 13.0. The van der Waals surface area contributed by atoms with Gasteiger partial charge >= 0.3 is 12.0 Å². The van der Waals surface area contributed by atoms with Gasteiger partial charge in [0.05, 0.1) is 13.7 Å². The summed E-state index contributed by atoms with van der Waals surface area (Å²) in [6.45, 7) is 2.21. The van der Waals surface area contributed by atoms with Crippen LogP contribution in [-0.2, 0) is 11.3 Å². The summed E-state index contributed by atoms with van der Waals surface area (Å²) >= 11 is 0. The second-order valence-corrected chi connectivity index (χ2v) is 6.83. The van der Waals surface area contributed by atoms with Crippen LogP contribution >= 0.6 is 0 Å². The van der Waals surface area contributed by atoms with Gasteiger partial charge in [0.2, 0.25) is 5.89 Å². The first-order valence-corrected chi connectivity index (χ1v) is 9.24. The number of amides is 2. The predicted molar refractivity (Wildman–Crippen MR) is 100 cm³/mol. The molecule has 0 unspecified atom stereocenters. The number of esters is 1. The highest BCUT2D eigenvalue weighted by atomic mass is 16.5. The largest absolute Gasteiger partial charge is 0.464 e. The van der Waals surface area contributed by atoms with Gasteiger partial charge in [0, 0.05) is 11.7 Å². The van der Waals surface area contributed by atoms with Crippen molar-refractivity contribution in [2.75, 3.05) is 12.4 Å². The molecule has 1 aromatic carbocycles. The van der Waals surface area contributed by atoms with Crippen molar-refractivity contribution in [2.24, 2.45) is 0 Å². The van der Waals surface area contributed by atoms with Gasteiger partial charge in [0.25, 0.3) is 0 Å². The fourth-order valence-electron chi connectivity index (χ4n) is 3.32. The van der Waals surface area contributed by atoms with Gasteiger partial charge < -0.3 is 19.4 Å². The molecule has 1 aliphatic rings. The Balaban J connectivity index is 1.75. The number of aromatic nitrogens is 1. The number of carbonyl (C=O) groups is 2. The second-order valence-electron chi connectivity index (χ2n) is 6.83. The molecule has 0 spiro atoms. The predicted octanol–water partition coefficient (Wildman–Crippen LogP) is 4.14. The van der Waals surface area contributed by atoms with Crippen LogP contribution in [-0.4, -0.2) is 35.0 Å². The molecule has 1 N–H and O–H groups in total. The number of aryl methyl sites for hydroxylation is 1. The molecule has 7 nitrogen and oxygen atoms in total. The van der Waals surface area contributed by atoms with Gasteiger partial charge in [-0.1, -0.05) is 37.0 Å². The summed E-state index contributed by atoms with van der Waals surface area (Å²) in [5, 5.41) is 2.95. The lowest BCUT2D eigenvalue weighted by Gasteiger charge is -2.33. The fourth-order valence-corrected chi connectivity index (χ4v) is 3.32. The van der Waals surface area contributed by atoms with E-state index >= 15 is 0 Å². The molecule has 0 radical (unpaired) electrons. The van der Waals surface area contributed by atoms with E-state index in [1.807, 2.05) is 31.2 Å². The van der Waals surface area contributed by atoms with Crippen LogP contribution in [0.2, 0.25) is 0 Å². The third kappa shape index (κ3) is 4.87. The van der Waals surface area contributed by atoms with Crippen molar-refractivity contribution in [3.05, 3.63) is 47.7 Å². The number of hydrogen-bond acceptors (Lipinski definition) is 5. The van der Waals surface area contributed by atoms with Gasteiger partial charge in [0.15, 0.2) is 5.69 Å². The fraction of sp³-hybridized carbons (Fsp3) is 0.450. The summed E-state index contributed by atoms with van der Waals surface area (Å²) in [5.41, 5.74) is 1.98. The molecule has 1 heterocycles. The van der Waals surface area contributed by atoms with Gasteiger partial charge in [0.1, 0.15) is 6.26 Å². The Morgan fingerprint density at radius 3 is 2.59 bits per heavy atom. The molecule has 1 saturated carbocycles. The summed E-state index contributed by atoms with van der Waals surface area (Å²) in [7, 11) is 1.29. The first-order chi connectivity index (χ1) is 13.1. The van der Waals surface area contributed by atoms with E-state index in [1.54, 1.807) is 4.90 Å². The lowest BCUT2D eigenvalue weighted by Crippen LogP contribution is -2.43. The quantitative estimate of drug-likeness (QED) is 0.799. The van der Waals surface area contributed by atoms with Crippen LogP contribution < -0.4 is 5.32 Å². The number of hydrogen-bond donors (Lipinski definition) is 1. The molecule has 144 valence electrons. The van der Waals surface area contributed by atoms with Crippen LogP contribution in [0.15, 0.2) is 34.9 Å². The average molecular weight is 371 g/mol. The van der Waals surface area contributed by atoms with E-state index in [0.717, 1.165) is 36.9 Å². The second kappa shape index (κ2) is 8.70. The summed E-state index contributed by atoms with van der Waals surface area (Å²) in [5.74, 6) is -0.238. The molecule has 7 heteroatoms. The molecular weight excluding hydrogens is 346 g/mol. The molecule has 1 fully saturated rings. The molecule has 1 aliphatic carbocycles. The molecule has 2 aromatic rings. The third-order valence-corrected chi connectivity index (χ3v) is 4.83. The lowest BCUT2D eigenvalue weighted by molar-refractivity contribution is 0.0594. The maximum atomic E-state index is 13.0. The topological polar surface area (TPSA) is 84.7 Å². The SMILES string of the molecule is COC(=O)c1coc(CN(C(=O)Nc2ccc(C)cc2)C2CCCCC2)n1. The number of nitrogens with one attached hydrogen (secondary N) is 1. The molecule has 1 aromatic heterocycles. The van der Waals surface area contributed by atoms with E-state index in [1.165, 1.54) is 19.8 Å². The highest BCUT2D eigenvalue weighted by Crippen LogP contribution is 2.25. The molecule has 27 heavy (non-hydrogen) atoms. The van der Waals surface area contributed by atoms with E-state index in [4.69, 9.17) is 4.42 Å². The van der Waals surface area contributed by atoms with Crippen LogP contribution in [0, 0.1) is 6.92 Å². The molecular formula is C20H25N3O4. The third-order valence-electron chi connectivity index (χ3n) is 4.83. The Bertz CT molecular complexity index is 779. The zero-order valence-corrected chi connectivity index (χ0v) is 15.7. The highest BCUT2D eigenvalue weighted by molar-refractivity contribution is 5.89. The Kier molecular flexibility index (Phi) is 6.11. The molecule has 0 atom stereocenters. The number of carbonyl (C=O) groups excluding carboxylic acids is 2. The van der Waals surface area contributed by atoms with Crippen LogP contribution in [0.4, 0.5) is 10.5 Å². The molecule has 0 bridgehead atoms. The smallest absolute Gasteiger partial charge is 0.360 e. The van der Waals surface area contributed by atoms with Gasteiger partial charge in [-0.2, -0.15) is 0 Å². The standard InChI is InChI=1S/C20H25N3O4/c1-14-8-10-15(11-9-14)21-20(25)23(16-6-4-3-5-7-16)12-18-22-17(13-27-18)19(24)26-2/h8-11,13,16H,3-7,12H2,1-2H3,(H,21,25). The first kappa shape index (κ1) is 18.9. The van der Waals surface area contributed by atoms with E-state index in [2.05, 4.69) is 15.0 Å². The minimum absolute atomic E-state index is 0.107. The van der Waals surface area contributed by atoms with Gasteiger partial charge in [-0.3, -0.25) is 0 Å². The van der Waals surface area contributed by atoms with Crippen molar-refractivity contribution >= 4 is 17.7 Å². The van der Waals surface area contributed by atoms with Crippen LogP contribution in [0.25, 0.3) is 0 Å². The van der Waals surface area contributed by atoms with E-state index < -0.39 is 5.97 Å². The van der Waals surface area contributed by atoms with E-state index in [9.17, 15) is 9.59 Å². The van der Waals surface area contributed by atoms with Gasteiger partial charge in [-0.05, 0) is 31.9 Å². The van der Waals surface area contributed by atoms with Crippen molar-refractivity contribution in [1.29, 1.82) is 0 Å². The first-order valence-electron chi connectivity index (χ1n) is 9.24.